The number of halogens is 3. The van der Waals surface area contributed by atoms with Gasteiger partial charge in [0.05, 0.1) is 0 Å². The van der Waals surface area contributed by atoms with Crippen LogP contribution in [0.25, 0.3) is 0 Å². The van der Waals surface area contributed by atoms with Crippen molar-refractivity contribution < 1.29 is 18.0 Å². The predicted octanol–water partition coefficient (Wildman–Crippen LogP) is 2.55. The minimum Gasteiger partial charge on any atom is -0.334 e. The first kappa shape index (κ1) is 17.2. The Morgan fingerprint density at radius 3 is 2.33 bits per heavy atom. The summed E-state index contributed by atoms with van der Waals surface area (Å²) in [4.78, 5) is 12.7. The molecule has 0 aliphatic carbocycles. The monoisotopic (exact) mass is 268 g/mol. The maximum atomic E-state index is 12.4. The normalized spacial score (nSPS) is 13.4. The fourth-order valence-corrected chi connectivity index (χ4v) is 1.63. The van der Waals surface area contributed by atoms with Crippen molar-refractivity contribution in [3.8, 4) is 0 Å². The number of amides is 1. The van der Waals surface area contributed by atoms with Crippen LogP contribution in [0.3, 0.4) is 0 Å². The van der Waals surface area contributed by atoms with Crippen LogP contribution in [-0.2, 0) is 4.79 Å². The van der Waals surface area contributed by atoms with Crippen LogP contribution in [0.5, 0.6) is 0 Å². The third-order valence-electron chi connectivity index (χ3n) is 2.88. The standard InChI is InChI=1S/C12H23F3N2O/c1-3-5-6-17(9-12(13,14)15)11(18)7-10(4-2)8-16/h10H,3-9,16H2,1-2H3. The molecular formula is C12H23F3N2O. The number of hydrogen-bond acceptors (Lipinski definition) is 2. The van der Waals surface area contributed by atoms with E-state index >= 15 is 0 Å². The lowest BCUT2D eigenvalue weighted by Gasteiger charge is -2.25. The molecule has 1 amide bonds. The molecule has 0 rings (SSSR count). The molecule has 0 saturated carbocycles. The Bertz CT molecular complexity index is 240. The second-order valence-electron chi connectivity index (χ2n) is 4.50. The molecule has 108 valence electrons. The molecule has 0 aliphatic rings. The van der Waals surface area contributed by atoms with Gasteiger partial charge in [-0.2, -0.15) is 13.2 Å². The van der Waals surface area contributed by atoms with Gasteiger partial charge in [0, 0.05) is 13.0 Å². The Morgan fingerprint density at radius 1 is 1.33 bits per heavy atom. The Labute approximate surface area is 107 Å². The maximum absolute atomic E-state index is 12.4. The van der Waals surface area contributed by atoms with Gasteiger partial charge in [-0.1, -0.05) is 26.7 Å². The van der Waals surface area contributed by atoms with Crippen LogP contribution in [0.4, 0.5) is 13.2 Å². The zero-order valence-corrected chi connectivity index (χ0v) is 11.1. The van der Waals surface area contributed by atoms with Gasteiger partial charge in [0.15, 0.2) is 0 Å². The largest absolute Gasteiger partial charge is 0.406 e. The number of nitrogens with zero attached hydrogens (tertiary/aromatic N) is 1. The molecule has 0 aromatic carbocycles. The highest BCUT2D eigenvalue weighted by atomic mass is 19.4. The minimum absolute atomic E-state index is 0.0325. The van der Waals surface area contributed by atoms with E-state index in [0.717, 1.165) is 11.3 Å². The summed E-state index contributed by atoms with van der Waals surface area (Å²) in [5.41, 5.74) is 5.47. The molecule has 2 N–H and O–H groups in total. The molecule has 18 heavy (non-hydrogen) atoms. The van der Waals surface area contributed by atoms with E-state index in [1.807, 2.05) is 13.8 Å². The Kier molecular flexibility index (Phi) is 7.98. The average Bonchev–Trinajstić information content (AvgIpc) is 2.29. The number of unbranched alkanes of at least 4 members (excludes halogenated alkanes) is 1. The molecule has 1 atom stereocenters. The summed E-state index contributed by atoms with van der Waals surface area (Å²) in [5, 5.41) is 0. The van der Waals surface area contributed by atoms with Gasteiger partial charge in [0.1, 0.15) is 6.54 Å². The highest BCUT2D eigenvalue weighted by Gasteiger charge is 2.32. The van der Waals surface area contributed by atoms with Crippen LogP contribution in [0.15, 0.2) is 0 Å². The van der Waals surface area contributed by atoms with Crippen LogP contribution in [0.2, 0.25) is 0 Å². The third-order valence-corrected chi connectivity index (χ3v) is 2.88. The second-order valence-corrected chi connectivity index (χ2v) is 4.50. The zero-order valence-electron chi connectivity index (χ0n) is 11.1. The first-order valence-electron chi connectivity index (χ1n) is 6.38. The fourth-order valence-electron chi connectivity index (χ4n) is 1.63. The molecule has 3 nitrogen and oxygen atoms in total. The van der Waals surface area contributed by atoms with Crippen molar-refractivity contribution in [2.75, 3.05) is 19.6 Å². The highest BCUT2D eigenvalue weighted by Crippen LogP contribution is 2.19. The summed E-state index contributed by atoms with van der Waals surface area (Å²) in [7, 11) is 0. The van der Waals surface area contributed by atoms with E-state index in [2.05, 4.69) is 0 Å². The number of carbonyl (C=O) groups is 1. The lowest BCUT2D eigenvalue weighted by atomic mass is 10.0. The summed E-state index contributed by atoms with van der Waals surface area (Å²) in [6.45, 7) is 3.09. The number of alkyl halides is 3. The van der Waals surface area contributed by atoms with Crippen molar-refractivity contribution in [2.45, 2.75) is 45.7 Å². The lowest BCUT2D eigenvalue weighted by molar-refractivity contribution is -0.161. The van der Waals surface area contributed by atoms with Crippen molar-refractivity contribution >= 4 is 5.91 Å². The van der Waals surface area contributed by atoms with Gasteiger partial charge in [0.25, 0.3) is 0 Å². The van der Waals surface area contributed by atoms with Crippen LogP contribution >= 0.6 is 0 Å². The van der Waals surface area contributed by atoms with Crippen molar-refractivity contribution in [3.63, 3.8) is 0 Å². The van der Waals surface area contributed by atoms with Gasteiger partial charge in [-0.25, -0.2) is 0 Å². The quantitative estimate of drug-likeness (QED) is 0.735. The summed E-state index contributed by atoms with van der Waals surface area (Å²) in [6, 6.07) is 0. The molecule has 0 heterocycles. The van der Waals surface area contributed by atoms with E-state index in [1.165, 1.54) is 0 Å². The molecule has 0 fully saturated rings. The number of carbonyl (C=O) groups excluding carboxylic acids is 1. The number of hydrogen-bond donors (Lipinski definition) is 1. The van der Waals surface area contributed by atoms with Crippen LogP contribution in [0.1, 0.15) is 39.5 Å². The number of nitrogens with two attached hydrogens (primary N) is 1. The first-order chi connectivity index (χ1) is 8.34. The second kappa shape index (κ2) is 8.34. The maximum Gasteiger partial charge on any atom is 0.406 e. The van der Waals surface area contributed by atoms with E-state index in [1.54, 1.807) is 0 Å². The summed E-state index contributed by atoms with van der Waals surface area (Å²) in [6.07, 6.45) is -2.19. The number of rotatable bonds is 8. The summed E-state index contributed by atoms with van der Waals surface area (Å²) in [5.74, 6) is -0.479. The minimum atomic E-state index is -4.34. The fraction of sp³-hybridized carbons (Fsp3) is 0.917. The van der Waals surface area contributed by atoms with E-state index in [0.29, 0.717) is 19.4 Å². The molecular weight excluding hydrogens is 245 g/mol. The SMILES string of the molecule is CCCCN(CC(F)(F)F)C(=O)CC(CC)CN. The van der Waals surface area contributed by atoms with Crippen molar-refractivity contribution in [2.24, 2.45) is 11.7 Å². The topological polar surface area (TPSA) is 46.3 Å². The highest BCUT2D eigenvalue weighted by molar-refractivity contribution is 5.76. The smallest absolute Gasteiger partial charge is 0.334 e. The van der Waals surface area contributed by atoms with Gasteiger partial charge < -0.3 is 10.6 Å². The van der Waals surface area contributed by atoms with Gasteiger partial charge in [-0.15, -0.1) is 0 Å². The van der Waals surface area contributed by atoms with Gasteiger partial charge in [0.2, 0.25) is 5.91 Å². The van der Waals surface area contributed by atoms with E-state index in [9.17, 15) is 18.0 Å². The van der Waals surface area contributed by atoms with Gasteiger partial charge >= 0.3 is 6.18 Å². The molecule has 6 heteroatoms. The van der Waals surface area contributed by atoms with Crippen LogP contribution < -0.4 is 5.73 Å². The third kappa shape index (κ3) is 7.53. The van der Waals surface area contributed by atoms with Crippen LogP contribution in [0, 0.1) is 5.92 Å². The lowest BCUT2D eigenvalue weighted by Crippen LogP contribution is -2.40. The van der Waals surface area contributed by atoms with Crippen molar-refractivity contribution in [3.05, 3.63) is 0 Å². The summed E-state index contributed by atoms with van der Waals surface area (Å²) < 4.78 is 37.1. The molecule has 0 saturated heterocycles. The molecule has 0 bridgehead atoms. The van der Waals surface area contributed by atoms with Crippen molar-refractivity contribution in [1.29, 1.82) is 0 Å². The van der Waals surface area contributed by atoms with Crippen LogP contribution in [-0.4, -0.2) is 36.6 Å². The Hall–Kier alpha value is -0.780. The van der Waals surface area contributed by atoms with E-state index in [4.69, 9.17) is 5.73 Å². The first-order valence-corrected chi connectivity index (χ1v) is 6.38. The Balaban J connectivity index is 4.48. The van der Waals surface area contributed by atoms with Gasteiger partial charge in [-0.05, 0) is 18.9 Å². The molecule has 0 radical (unpaired) electrons. The van der Waals surface area contributed by atoms with E-state index < -0.39 is 18.6 Å². The molecule has 1 unspecified atom stereocenters. The molecule has 0 aromatic heterocycles. The van der Waals surface area contributed by atoms with E-state index in [-0.39, 0.29) is 18.9 Å². The average molecular weight is 268 g/mol. The molecule has 0 aromatic rings. The Morgan fingerprint density at radius 2 is 1.94 bits per heavy atom. The zero-order chi connectivity index (χ0) is 14.2. The summed E-state index contributed by atoms with van der Waals surface area (Å²) >= 11 is 0. The van der Waals surface area contributed by atoms with Crippen molar-refractivity contribution in [1.82, 2.24) is 4.90 Å². The molecule has 0 spiro atoms. The van der Waals surface area contributed by atoms with Gasteiger partial charge in [-0.3, -0.25) is 4.79 Å². The predicted molar refractivity (Wildman–Crippen MR) is 65.0 cm³/mol. The molecule has 0 aliphatic heterocycles.